The summed E-state index contributed by atoms with van der Waals surface area (Å²) in [4.78, 5) is 26.8. The predicted molar refractivity (Wildman–Crippen MR) is 181 cm³/mol. The van der Waals surface area contributed by atoms with E-state index in [9.17, 15) is 4.79 Å². The molecule has 2 heterocycles. The molecular weight excluding hydrogens is 618 g/mol. The molecule has 13 nitrogen and oxygen atoms in total. The Hall–Kier alpha value is -5.27. The molecule has 1 aliphatic rings. The minimum Gasteiger partial charge on any atom is -0.497 e. The molecule has 5 rings (SSSR count). The van der Waals surface area contributed by atoms with Crippen LogP contribution in [0.25, 0.3) is 0 Å². The monoisotopic (exact) mass is 659 g/mol. The zero-order valence-corrected chi connectivity index (χ0v) is 28.1. The van der Waals surface area contributed by atoms with Gasteiger partial charge in [-0.05, 0) is 37.1 Å². The summed E-state index contributed by atoms with van der Waals surface area (Å²) in [5.41, 5.74) is 2.91. The lowest BCUT2D eigenvalue weighted by Gasteiger charge is -2.26. The summed E-state index contributed by atoms with van der Waals surface area (Å²) in [6.45, 7) is 8.22. The molecule has 0 unspecified atom stereocenters. The van der Waals surface area contributed by atoms with Gasteiger partial charge in [0.25, 0.3) is 0 Å². The Morgan fingerprint density at radius 1 is 0.875 bits per heavy atom. The quantitative estimate of drug-likeness (QED) is 0.183. The number of amides is 1. The summed E-state index contributed by atoms with van der Waals surface area (Å²) < 4.78 is 39.5. The van der Waals surface area contributed by atoms with Crippen molar-refractivity contribution < 1.29 is 38.0 Å². The number of hydrogen-bond acceptors (Lipinski definition) is 12. The lowest BCUT2D eigenvalue weighted by atomic mass is 10.1. The van der Waals surface area contributed by atoms with E-state index >= 15 is 0 Å². The number of anilines is 4. The molecule has 0 atom stereocenters. The number of methoxy groups -OCH3 is 4. The van der Waals surface area contributed by atoms with Gasteiger partial charge < -0.3 is 38.5 Å². The molecule has 1 amide bonds. The molecule has 0 bridgehead atoms. The van der Waals surface area contributed by atoms with Crippen LogP contribution in [0.1, 0.15) is 11.1 Å². The second kappa shape index (κ2) is 16.0. The van der Waals surface area contributed by atoms with E-state index in [0.29, 0.717) is 46.7 Å². The highest BCUT2D eigenvalue weighted by Crippen LogP contribution is 2.41. The van der Waals surface area contributed by atoms with Crippen LogP contribution in [-0.2, 0) is 4.74 Å². The van der Waals surface area contributed by atoms with Gasteiger partial charge in [0, 0.05) is 55.8 Å². The van der Waals surface area contributed by atoms with Crippen LogP contribution in [0.4, 0.5) is 27.9 Å². The molecule has 254 valence electrons. The van der Waals surface area contributed by atoms with Crippen molar-refractivity contribution in [3.05, 3.63) is 71.9 Å². The minimum atomic E-state index is -0.692. The van der Waals surface area contributed by atoms with Crippen LogP contribution in [0.5, 0.6) is 34.5 Å². The van der Waals surface area contributed by atoms with Crippen LogP contribution >= 0.6 is 0 Å². The molecular formula is C35H41N5O8. The number of nitrogens with zero attached hydrogens (tertiary/aromatic N) is 4. The van der Waals surface area contributed by atoms with Crippen molar-refractivity contribution in [2.75, 3.05) is 78.1 Å². The summed E-state index contributed by atoms with van der Waals surface area (Å²) in [7, 11) is 6.17. The third-order valence-corrected chi connectivity index (χ3v) is 7.76. The van der Waals surface area contributed by atoms with E-state index < -0.39 is 6.09 Å². The zero-order chi connectivity index (χ0) is 34.0. The Balaban J connectivity index is 1.43. The molecule has 1 fully saturated rings. The fraction of sp³-hybridized carbons (Fsp3) is 0.343. The fourth-order valence-electron chi connectivity index (χ4n) is 5.32. The van der Waals surface area contributed by atoms with E-state index in [0.717, 1.165) is 44.0 Å². The first-order valence-corrected chi connectivity index (χ1v) is 15.4. The lowest BCUT2D eigenvalue weighted by Crippen LogP contribution is -2.38. The van der Waals surface area contributed by atoms with Crippen LogP contribution in [0, 0.1) is 13.8 Å². The normalized spacial score (nSPS) is 13.0. The Bertz CT molecular complexity index is 1670. The number of nitrogens with one attached hydrogen (secondary N) is 1. The minimum absolute atomic E-state index is 0.221. The second-order valence-corrected chi connectivity index (χ2v) is 10.8. The van der Waals surface area contributed by atoms with Crippen molar-refractivity contribution in [2.24, 2.45) is 0 Å². The summed E-state index contributed by atoms with van der Waals surface area (Å²) in [6.07, 6.45) is 0.867. The van der Waals surface area contributed by atoms with Crippen molar-refractivity contribution in [2.45, 2.75) is 13.8 Å². The van der Waals surface area contributed by atoms with Crippen LogP contribution in [-0.4, -0.2) is 88.9 Å². The van der Waals surface area contributed by atoms with Crippen LogP contribution in [0.3, 0.4) is 0 Å². The summed E-state index contributed by atoms with van der Waals surface area (Å²) in [5.74, 6) is 3.07. The van der Waals surface area contributed by atoms with E-state index in [-0.39, 0.29) is 17.5 Å². The Morgan fingerprint density at radius 3 is 2.21 bits per heavy atom. The molecule has 4 aromatic rings. The number of benzene rings is 3. The molecule has 0 saturated carbocycles. The second-order valence-electron chi connectivity index (χ2n) is 10.8. The maximum atomic E-state index is 14.0. The van der Waals surface area contributed by atoms with E-state index in [4.69, 9.17) is 38.1 Å². The van der Waals surface area contributed by atoms with Gasteiger partial charge in [-0.25, -0.2) is 14.7 Å². The summed E-state index contributed by atoms with van der Waals surface area (Å²) in [5, 5.41) is 3.21. The number of rotatable bonds is 13. The first-order chi connectivity index (χ1) is 23.3. The maximum Gasteiger partial charge on any atom is 0.425 e. The number of hydrogen-bond donors (Lipinski definition) is 1. The van der Waals surface area contributed by atoms with Crippen molar-refractivity contribution in [1.82, 2.24) is 14.9 Å². The maximum absolute atomic E-state index is 14.0. The summed E-state index contributed by atoms with van der Waals surface area (Å²) >= 11 is 0. The van der Waals surface area contributed by atoms with Gasteiger partial charge in [-0.2, -0.15) is 4.98 Å². The lowest BCUT2D eigenvalue weighted by molar-refractivity contribution is 0.0319. The smallest absolute Gasteiger partial charge is 0.425 e. The first-order valence-electron chi connectivity index (χ1n) is 15.4. The predicted octanol–water partition coefficient (Wildman–Crippen LogP) is 5.92. The highest BCUT2D eigenvalue weighted by Gasteiger charge is 2.27. The number of para-hydroxylation sites is 1. The fourth-order valence-corrected chi connectivity index (χ4v) is 5.32. The molecule has 3 aromatic carbocycles. The van der Waals surface area contributed by atoms with E-state index in [1.807, 2.05) is 32.0 Å². The highest BCUT2D eigenvalue weighted by atomic mass is 16.6. The average Bonchev–Trinajstić information content (AvgIpc) is 3.10. The summed E-state index contributed by atoms with van der Waals surface area (Å²) in [6, 6.07) is 15.9. The Labute approximate surface area is 280 Å². The standard InChI is InChI=1S/C35H41N5O8/c1-23-8-7-9-24(2)32(23)40(35(41)48-27-11-10-26(42-3)22-28(27)43-4)31-12-13-36-34(38-31)37-25-20-29(44-5)33(30(21-25)45-6)47-19-16-39-14-17-46-18-15-39/h7-13,20-22H,14-19H2,1-6H3,(H,36,37,38). The average molecular weight is 660 g/mol. The van der Waals surface area contributed by atoms with Crippen LogP contribution in [0.15, 0.2) is 60.8 Å². The Kier molecular flexibility index (Phi) is 11.4. The number of aryl methyl sites for hydroxylation is 2. The topological polar surface area (TPSA) is 126 Å². The number of ether oxygens (including phenoxy) is 7. The van der Waals surface area contributed by atoms with Gasteiger partial charge in [-0.15, -0.1) is 0 Å². The molecule has 0 aliphatic carbocycles. The molecule has 13 heteroatoms. The number of carbonyl (C=O) groups is 1. The first kappa shape index (κ1) is 34.1. The SMILES string of the molecule is COc1ccc(OC(=O)N(c2ccnc(Nc3cc(OC)c(OCCN4CCOCC4)c(OC)c3)n2)c2c(C)cccc2C)c(OC)c1. The van der Waals surface area contributed by atoms with Gasteiger partial charge in [0.1, 0.15) is 18.2 Å². The molecule has 48 heavy (non-hydrogen) atoms. The largest absolute Gasteiger partial charge is 0.497 e. The van der Waals surface area contributed by atoms with Crippen molar-refractivity contribution in [3.8, 4) is 34.5 Å². The highest BCUT2D eigenvalue weighted by molar-refractivity contribution is 5.98. The molecule has 0 spiro atoms. The number of carbonyl (C=O) groups excluding carboxylic acids is 1. The van der Waals surface area contributed by atoms with Gasteiger partial charge in [0.05, 0.1) is 47.3 Å². The van der Waals surface area contributed by atoms with E-state index in [1.54, 1.807) is 63.9 Å². The van der Waals surface area contributed by atoms with Gasteiger partial charge >= 0.3 is 6.09 Å². The van der Waals surface area contributed by atoms with Crippen molar-refractivity contribution in [3.63, 3.8) is 0 Å². The van der Waals surface area contributed by atoms with Gasteiger partial charge in [0.15, 0.2) is 23.0 Å². The van der Waals surface area contributed by atoms with Gasteiger partial charge in [-0.1, -0.05) is 18.2 Å². The number of morpholine rings is 1. The van der Waals surface area contributed by atoms with E-state index in [1.165, 1.54) is 12.0 Å². The third-order valence-electron chi connectivity index (χ3n) is 7.76. The third kappa shape index (κ3) is 7.99. The van der Waals surface area contributed by atoms with E-state index in [2.05, 4.69) is 15.2 Å². The molecule has 1 N–H and O–H groups in total. The molecule has 1 aliphatic heterocycles. The van der Waals surface area contributed by atoms with Crippen LogP contribution < -0.4 is 38.6 Å². The van der Waals surface area contributed by atoms with Gasteiger partial charge in [0.2, 0.25) is 11.7 Å². The molecule has 0 radical (unpaired) electrons. The number of aromatic nitrogens is 2. The van der Waals surface area contributed by atoms with Crippen molar-refractivity contribution >= 4 is 29.2 Å². The molecule has 1 aromatic heterocycles. The van der Waals surface area contributed by atoms with Crippen molar-refractivity contribution in [1.29, 1.82) is 0 Å². The van der Waals surface area contributed by atoms with Gasteiger partial charge in [-0.3, -0.25) is 4.90 Å². The van der Waals surface area contributed by atoms with Crippen LogP contribution in [0.2, 0.25) is 0 Å². The molecule has 1 saturated heterocycles. The zero-order valence-electron chi connectivity index (χ0n) is 28.1. The Morgan fingerprint density at radius 2 is 1.56 bits per heavy atom.